The Morgan fingerprint density at radius 1 is 1.28 bits per heavy atom. The predicted molar refractivity (Wildman–Crippen MR) is 75.3 cm³/mol. The zero-order chi connectivity index (χ0) is 12.8. The van der Waals surface area contributed by atoms with Crippen molar-refractivity contribution in [2.24, 2.45) is 0 Å². The molecule has 2 rings (SSSR count). The Morgan fingerprint density at radius 3 is 2.94 bits per heavy atom. The number of fused-ring (bicyclic) bond motifs is 1. The Hall–Kier alpha value is -1.06. The molecule has 0 aromatic heterocycles. The molecule has 3 nitrogen and oxygen atoms in total. The maximum absolute atomic E-state index is 5.67. The van der Waals surface area contributed by atoms with E-state index in [9.17, 15) is 0 Å². The number of hydrogen-bond donors (Lipinski definition) is 2. The van der Waals surface area contributed by atoms with Crippen molar-refractivity contribution in [1.29, 1.82) is 0 Å². The van der Waals surface area contributed by atoms with E-state index in [2.05, 4.69) is 42.7 Å². The van der Waals surface area contributed by atoms with Crippen molar-refractivity contribution in [3.05, 3.63) is 29.8 Å². The van der Waals surface area contributed by atoms with Crippen LogP contribution in [0.3, 0.4) is 0 Å². The van der Waals surface area contributed by atoms with E-state index in [1.807, 2.05) is 6.07 Å². The summed E-state index contributed by atoms with van der Waals surface area (Å²) in [5.41, 5.74) is 1.35. The van der Waals surface area contributed by atoms with Crippen LogP contribution in [0.5, 0.6) is 5.75 Å². The summed E-state index contributed by atoms with van der Waals surface area (Å²) >= 11 is 0. The summed E-state index contributed by atoms with van der Waals surface area (Å²) in [5.74, 6) is 1.57. The molecular weight excluding hydrogens is 224 g/mol. The van der Waals surface area contributed by atoms with Gasteiger partial charge in [-0.05, 0) is 25.6 Å². The summed E-state index contributed by atoms with van der Waals surface area (Å²) < 4.78 is 5.67. The summed E-state index contributed by atoms with van der Waals surface area (Å²) in [6.07, 6.45) is 1.17. The van der Waals surface area contributed by atoms with Crippen LogP contribution in [0.2, 0.25) is 0 Å². The van der Waals surface area contributed by atoms with Crippen LogP contribution in [0, 0.1) is 0 Å². The molecule has 2 N–H and O–H groups in total. The molecule has 0 saturated heterocycles. The number of para-hydroxylation sites is 1. The van der Waals surface area contributed by atoms with E-state index in [1.54, 1.807) is 0 Å². The maximum Gasteiger partial charge on any atom is 0.122 e. The first-order valence-corrected chi connectivity index (χ1v) is 6.93. The molecule has 0 aliphatic carbocycles. The molecule has 0 bridgehead atoms. The predicted octanol–water partition coefficient (Wildman–Crippen LogP) is 2.14. The molecule has 1 unspecified atom stereocenters. The van der Waals surface area contributed by atoms with Crippen molar-refractivity contribution >= 4 is 0 Å². The molecule has 0 fully saturated rings. The van der Waals surface area contributed by atoms with Gasteiger partial charge in [0.1, 0.15) is 5.75 Å². The van der Waals surface area contributed by atoms with Gasteiger partial charge in [0.2, 0.25) is 0 Å². The third-order valence-corrected chi connectivity index (χ3v) is 3.27. The molecule has 3 heteroatoms. The topological polar surface area (TPSA) is 33.3 Å². The van der Waals surface area contributed by atoms with Gasteiger partial charge in [0.05, 0.1) is 6.61 Å². The van der Waals surface area contributed by atoms with Crippen molar-refractivity contribution in [2.45, 2.75) is 32.2 Å². The van der Waals surface area contributed by atoms with E-state index < -0.39 is 0 Å². The molecule has 1 aromatic rings. The molecule has 0 spiro atoms. The SMILES string of the molecule is CC(C)NCCCNCC1COc2ccccc21. The largest absolute Gasteiger partial charge is 0.493 e. The standard InChI is InChI=1S/C15H24N2O/c1-12(2)17-9-5-8-16-10-13-11-18-15-7-4-3-6-14(13)15/h3-4,6-7,12-13,16-17H,5,8-11H2,1-2H3. The number of nitrogens with one attached hydrogen (secondary N) is 2. The molecule has 0 radical (unpaired) electrons. The summed E-state index contributed by atoms with van der Waals surface area (Å²) in [6, 6.07) is 8.94. The van der Waals surface area contributed by atoms with Crippen molar-refractivity contribution < 1.29 is 4.74 Å². The lowest BCUT2D eigenvalue weighted by molar-refractivity contribution is 0.326. The van der Waals surface area contributed by atoms with Crippen LogP contribution < -0.4 is 15.4 Å². The Labute approximate surface area is 110 Å². The van der Waals surface area contributed by atoms with E-state index >= 15 is 0 Å². The monoisotopic (exact) mass is 248 g/mol. The number of benzene rings is 1. The normalized spacial score (nSPS) is 17.8. The van der Waals surface area contributed by atoms with E-state index in [4.69, 9.17) is 4.74 Å². The number of rotatable bonds is 7. The van der Waals surface area contributed by atoms with Crippen LogP contribution in [0.4, 0.5) is 0 Å². The van der Waals surface area contributed by atoms with E-state index in [1.165, 1.54) is 12.0 Å². The fourth-order valence-corrected chi connectivity index (χ4v) is 2.28. The lowest BCUT2D eigenvalue weighted by Gasteiger charge is -2.11. The second-order valence-electron chi connectivity index (χ2n) is 5.21. The zero-order valence-electron chi connectivity index (χ0n) is 11.4. The molecule has 100 valence electrons. The molecule has 18 heavy (non-hydrogen) atoms. The van der Waals surface area contributed by atoms with Crippen LogP contribution >= 0.6 is 0 Å². The number of hydrogen-bond acceptors (Lipinski definition) is 3. The Balaban J connectivity index is 1.64. The van der Waals surface area contributed by atoms with Gasteiger partial charge < -0.3 is 15.4 Å². The molecular formula is C15H24N2O. The van der Waals surface area contributed by atoms with Gasteiger partial charge in [0, 0.05) is 24.1 Å². The average Bonchev–Trinajstić information content (AvgIpc) is 2.77. The Morgan fingerprint density at radius 2 is 2.11 bits per heavy atom. The van der Waals surface area contributed by atoms with Gasteiger partial charge in [0.25, 0.3) is 0 Å². The van der Waals surface area contributed by atoms with Gasteiger partial charge in [-0.3, -0.25) is 0 Å². The fraction of sp³-hybridized carbons (Fsp3) is 0.600. The smallest absolute Gasteiger partial charge is 0.122 e. The van der Waals surface area contributed by atoms with Crippen LogP contribution in [0.15, 0.2) is 24.3 Å². The molecule has 1 heterocycles. The maximum atomic E-state index is 5.67. The first-order chi connectivity index (χ1) is 8.77. The first-order valence-electron chi connectivity index (χ1n) is 6.93. The molecule has 1 aliphatic rings. The summed E-state index contributed by atoms with van der Waals surface area (Å²) in [6.45, 7) is 8.34. The Kier molecular flexibility index (Phi) is 5.02. The third-order valence-electron chi connectivity index (χ3n) is 3.27. The van der Waals surface area contributed by atoms with E-state index in [-0.39, 0.29) is 0 Å². The summed E-state index contributed by atoms with van der Waals surface area (Å²) in [4.78, 5) is 0. The lowest BCUT2D eigenvalue weighted by atomic mass is 10.0. The lowest BCUT2D eigenvalue weighted by Crippen LogP contribution is -2.28. The third kappa shape index (κ3) is 3.72. The van der Waals surface area contributed by atoms with Crippen molar-refractivity contribution in [2.75, 3.05) is 26.2 Å². The molecule has 1 aromatic carbocycles. The van der Waals surface area contributed by atoms with E-state index in [0.29, 0.717) is 12.0 Å². The second kappa shape index (κ2) is 6.76. The minimum atomic E-state index is 0.513. The van der Waals surface area contributed by atoms with Gasteiger partial charge in [0.15, 0.2) is 0 Å². The van der Waals surface area contributed by atoms with E-state index in [0.717, 1.165) is 32.0 Å². The highest BCUT2D eigenvalue weighted by molar-refractivity contribution is 5.39. The second-order valence-corrected chi connectivity index (χ2v) is 5.21. The minimum absolute atomic E-state index is 0.513. The molecule has 1 atom stereocenters. The number of ether oxygens (including phenoxy) is 1. The van der Waals surface area contributed by atoms with Crippen molar-refractivity contribution in [3.63, 3.8) is 0 Å². The fourth-order valence-electron chi connectivity index (χ4n) is 2.28. The molecule has 1 aliphatic heterocycles. The minimum Gasteiger partial charge on any atom is -0.493 e. The first kappa shape index (κ1) is 13.4. The quantitative estimate of drug-likeness (QED) is 0.725. The summed E-state index contributed by atoms with van der Waals surface area (Å²) in [7, 11) is 0. The van der Waals surface area contributed by atoms with Gasteiger partial charge >= 0.3 is 0 Å². The van der Waals surface area contributed by atoms with Crippen LogP contribution in [0.1, 0.15) is 31.7 Å². The highest BCUT2D eigenvalue weighted by atomic mass is 16.5. The summed E-state index contributed by atoms with van der Waals surface area (Å²) in [5, 5.41) is 6.95. The van der Waals surface area contributed by atoms with Crippen LogP contribution in [-0.4, -0.2) is 32.3 Å². The van der Waals surface area contributed by atoms with Crippen molar-refractivity contribution in [1.82, 2.24) is 10.6 Å². The highest BCUT2D eigenvalue weighted by Gasteiger charge is 2.22. The van der Waals surface area contributed by atoms with Crippen molar-refractivity contribution in [3.8, 4) is 5.75 Å². The van der Waals surface area contributed by atoms with Gasteiger partial charge in [-0.2, -0.15) is 0 Å². The van der Waals surface area contributed by atoms with Gasteiger partial charge in [-0.1, -0.05) is 32.0 Å². The Bertz CT molecular complexity index is 365. The van der Waals surface area contributed by atoms with Crippen LogP contribution in [0.25, 0.3) is 0 Å². The average molecular weight is 248 g/mol. The van der Waals surface area contributed by atoms with Gasteiger partial charge in [-0.25, -0.2) is 0 Å². The molecule has 0 saturated carbocycles. The highest BCUT2D eigenvalue weighted by Crippen LogP contribution is 2.32. The van der Waals surface area contributed by atoms with Gasteiger partial charge in [-0.15, -0.1) is 0 Å². The zero-order valence-corrected chi connectivity index (χ0v) is 11.4. The van der Waals surface area contributed by atoms with Crippen LogP contribution in [-0.2, 0) is 0 Å². The molecule has 0 amide bonds.